The second-order valence-corrected chi connectivity index (χ2v) is 3.31. The Morgan fingerprint density at radius 3 is 2.54 bits per heavy atom. The first-order valence-electron chi connectivity index (χ1n) is 4.24. The summed E-state index contributed by atoms with van der Waals surface area (Å²) in [5.74, 6) is 0.233. The first-order chi connectivity index (χ1) is 6.18. The van der Waals surface area contributed by atoms with Gasteiger partial charge in [-0.2, -0.15) is 0 Å². The van der Waals surface area contributed by atoms with E-state index in [1.54, 1.807) is 12.4 Å². The first kappa shape index (κ1) is 9.86. The molecule has 0 aliphatic carbocycles. The fourth-order valence-corrected chi connectivity index (χ4v) is 1.14. The molecule has 0 N–H and O–H groups in total. The second kappa shape index (κ2) is 4.72. The predicted molar refractivity (Wildman–Crippen MR) is 51.5 cm³/mol. The number of hydrogen-bond donors (Lipinski definition) is 0. The van der Waals surface area contributed by atoms with E-state index >= 15 is 0 Å². The SMILES string of the molecule is CN(C)CC(=O)Cc1ccncc1. The maximum absolute atomic E-state index is 11.4. The van der Waals surface area contributed by atoms with Gasteiger partial charge in [0.1, 0.15) is 0 Å². The van der Waals surface area contributed by atoms with Crippen molar-refractivity contribution in [1.82, 2.24) is 9.88 Å². The van der Waals surface area contributed by atoms with Crippen LogP contribution >= 0.6 is 0 Å². The van der Waals surface area contributed by atoms with Crippen molar-refractivity contribution in [2.45, 2.75) is 6.42 Å². The Labute approximate surface area is 78.4 Å². The van der Waals surface area contributed by atoms with E-state index in [2.05, 4.69) is 4.98 Å². The molecule has 0 bridgehead atoms. The number of carbonyl (C=O) groups is 1. The fraction of sp³-hybridized carbons (Fsp3) is 0.400. The highest BCUT2D eigenvalue weighted by molar-refractivity contribution is 5.82. The van der Waals surface area contributed by atoms with Crippen LogP contribution in [-0.4, -0.2) is 36.3 Å². The van der Waals surface area contributed by atoms with Crippen LogP contribution in [0.15, 0.2) is 24.5 Å². The molecule has 0 radical (unpaired) electrons. The van der Waals surface area contributed by atoms with Crippen LogP contribution in [0.4, 0.5) is 0 Å². The maximum atomic E-state index is 11.4. The molecule has 0 aliphatic rings. The van der Waals surface area contributed by atoms with E-state index in [0.717, 1.165) is 5.56 Å². The molecule has 0 saturated carbocycles. The lowest BCUT2D eigenvalue weighted by atomic mass is 10.1. The Kier molecular flexibility index (Phi) is 3.58. The minimum atomic E-state index is 0.233. The molecule has 1 rings (SSSR count). The van der Waals surface area contributed by atoms with Crippen molar-refractivity contribution in [3.8, 4) is 0 Å². The Bertz CT molecular complexity index is 270. The summed E-state index contributed by atoms with van der Waals surface area (Å²) in [5, 5.41) is 0. The van der Waals surface area contributed by atoms with Gasteiger partial charge in [0.05, 0.1) is 6.54 Å². The van der Waals surface area contributed by atoms with E-state index < -0.39 is 0 Å². The van der Waals surface area contributed by atoms with Gasteiger partial charge in [-0.05, 0) is 31.8 Å². The monoisotopic (exact) mass is 178 g/mol. The van der Waals surface area contributed by atoms with E-state index in [0.29, 0.717) is 13.0 Å². The molecule has 0 amide bonds. The Hall–Kier alpha value is -1.22. The molecule has 70 valence electrons. The van der Waals surface area contributed by atoms with Gasteiger partial charge in [0.2, 0.25) is 0 Å². The molecule has 13 heavy (non-hydrogen) atoms. The lowest BCUT2D eigenvalue weighted by molar-refractivity contribution is -0.119. The Morgan fingerprint density at radius 2 is 2.00 bits per heavy atom. The van der Waals surface area contributed by atoms with Crippen molar-refractivity contribution in [2.24, 2.45) is 0 Å². The zero-order chi connectivity index (χ0) is 9.68. The summed E-state index contributed by atoms with van der Waals surface area (Å²) in [6.45, 7) is 0.502. The van der Waals surface area contributed by atoms with Crippen LogP contribution in [0.25, 0.3) is 0 Å². The van der Waals surface area contributed by atoms with Crippen LogP contribution in [0.3, 0.4) is 0 Å². The highest BCUT2D eigenvalue weighted by Crippen LogP contribution is 1.98. The number of aromatic nitrogens is 1. The van der Waals surface area contributed by atoms with Crippen molar-refractivity contribution < 1.29 is 4.79 Å². The van der Waals surface area contributed by atoms with Gasteiger partial charge in [-0.15, -0.1) is 0 Å². The number of nitrogens with zero attached hydrogens (tertiary/aromatic N) is 2. The first-order valence-corrected chi connectivity index (χ1v) is 4.24. The van der Waals surface area contributed by atoms with Crippen LogP contribution in [0.2, 0.25) is 0 Å². The normalized spacial score (nSPS) is 10.4. The zero-order valence-corrected chi connectivity index (χ0v) is 8.03. The second-order valence-electron chi connectivity index (χ2n) is 3.31. The summed E-state index contributed by atoms with van der Waals surface area (Å²) in [4.78, 5) is 17.1. The van der Waals surface area contributed by atoms with Gasteiger partial charge >= 0.3 is 0 Å². The topological polar surface area (TPSA) is 33.2 Å². The van der Waals surface area contributed by atoms with Gasteiger partial charge in [0.15, 0.2) is 5.78 Å². The molecule has 3 nitrogen and oxygen atoms in total. The van der Waals surface area contributed by atoms with Crippen LogP contribution in [0.1, 0.15) is 5.56 Å². The predicted octanol–water partition coefficient (Wildman–Crippen LogP) is 0.755. The van der Waals surface area contributed by atoms with E-state index in [4.69, 9.17) is 0 Å². The average molecular weight is 178 g/mol. The van der Waals surface area contributed by atoms with Crippen molar-refractivity contribution in [3.63, 3.8) is 0 Å². The van der Waals surface area contributed by atoms with Crippen molar-refractivity contribution in [2.75, 3.05) is 20.6 Å². The maximum Gasteiger partial charge on any atom is 0.151 e. The smallest absolute Gasteiger partial charge is 0.151 e. The molecule has 0 aromatic carbocycles. The summed E-state index contributed by atoms with van der Waals surface area (Å²) in [6, 6.07) is 3.74. The third-order valence-corrected chi connectivity index (χ3v) is 1.64. The van der Waals surface area contributed by atoms with Gasteiger partial charge in [0, 0.05) is 18.8 Å². The van der Waals surface area contributed by atoms with Crippen LogP contribution < -0.4 is 0 Å². The number of pyridine rings is 1. The molecular weight excluding hydrogens is 164 g/mol. The quantitative estimate of drug-likeness (QED) is 0.682. The molecular formula is C10H14N2O. The minimum absolute atomic E-state index is 0.233. The summed E-state index contributed by atoms with van der Waals surface area (Å²) < 4.78 is 0. The number of rotatable bonds is 4. The van der Waals surface area contributed by atoms with E-state index in [-0.39, 0.29) is 5.78 Å². The van der Waals surface area contributed by atoms with Crippen molar-refractivity contribution in [1.29, 1.82) is 0 Å². The molecule has 1 heterocycles. The molecule has 0 unspecified atom stereocenters. The highest BCUT2D eigenvalue weighted by atomic mass is 16.1. The van der Waals surface area contributed by atoms with Crippen LogP contribution in [-0.2, 0) is 11.2 Å². The van der Waals surface area contributed by atoms with E-state index in [9.17, 15) is 4.79 Å². The molecule has 0 saturated heterocycles. The standard InChI is InChI=1S/C10H14N2O/c1-12(2)8-10(13)7-9-3-5-11-6-4-9/h3-6H,7-8H2,1-2H3. The third kappa shape index (κ3) is 3.80. The largest absolute Gasteiger partial charge is 0.302 e. The minimum Gasteiger partial charge on any atom is -0.302 e. The van der Waals surface area contributed by atoms with Gasteiger partial charge < -0.3 is 4.90 Å². The Morgan fingerprint density at radius 1 is 1.38 bits per heavy atom. The molecule has 0 aliphatic heterocycles. The average Bonchev–Trinajstić information content (AvgIpc) is 2.04. The molecule has 1 aromatic rings. The summed E-state index contributed by atoms with van der Waals surface area (Å²) in [5.41, 5.74) is 1.03. The fourth-order valence-electron chi connectivity index (χ4n) is 1.14. The zero-order valence-electron chi connectivity index (χ0n) is 8.03. The molecule has 0 spiro atoms. The van der Waals surface area contributed by atoms with Gasteiger partial charge in [-0.1, -0.05) is 0 Å². The summed E-state index contributed by atoms with van der Waals surface area (Å²) in [7, 11) is 3.79. The van der Waals surface area contributed by atoms with Gasteiger partial charge in [-0.25, -0.2) is 0 Å². The lowest BCUT2D eigenvalue weighted by Gasteiger charge is -2.07. The molecule has 3 heteroatoms. The number of ketones is 1. The van der Waals surface area contributed by atoms with E-state index in [1.807, 2.05) is 31.1 Å². The van der Waals surface area contributed by atoms with Crippen molar-refractivity contribution >= 4 is 5.78 Å². The number of carbonyl (C=O) groups excluding carboxylic acids is 1. The van der Waals surface area contributed by atoms with Gasteiger partial charge in [-0.3, -0.25) is 9.78 Å². The highest BCUT2D eigenvalue weighted by Gasteiger charge is 2.03. The summed E-state index contributed by atoms with van der Waals surface area (Å²) >= 11 is 0. The molecule has 1 aromatic heterocycles. The number of hydrogen-bond acceptors (Lipinski definition) is 3. The lowest BCUT2D eigenvalue weighted by Crippen LogP contribution is -2.22. The van der Waals surface area contributed by atoms with Crippen molar-refractivity contribution in [3.05, 3.63) is 30.1 Å². The van der Waals surface area contributed by atoms with Gasteiger partial charge in [0.25, 0.3) is 0 Å². The third-order valence-electron chi connectivity index (χ3n) is 1.64. The Balaban J connectivity index is 2.46. The van der Waals surface area contributed by atoms with Crippen LogP contribution in [0.5, 0.6) is 0 Å². The summed E-state index contributed by atoms with van der Waals surface area (Å²) in [6.07, 6.45) is 3.91. The van der Waals surface area contributed by atoms with Crippen LogP contribution in [0, 0.1) is 0 Å². The number of Topliss-reactive ketones (excluding diaryl/α,β-unsaturated/α-hetero) is 1. The molecule has 0 fully saturated rings. The molecule has 0 atom stereocenters. The van der Waals surface area contributed by atoms with E-state index in [1.165, 1.54) is 0 Å². The number of likely N-dealkylation sites (N-methyl/N-ethyl adjacent to an activating group) is 1.